The fraction of sp³-hybridized carbons (Fsp3) is 0.118. The minimum absolute atomic E-state index is 0.0161. The zero-order valence-corrected chi connectivity index (χ0v) is 14.7. The molecule has 0 bridgehead atoms. The highest BCUT2D eigenvalue weighted by Crippen LogP contribution is 2.28. The summed E-state index contributed by atoms with van der Waals surface area (Å²) in [5.74, 6) is -0.812. The van der Waals surface area contributed by atoms with Crippen molar-refractivity contribution in [2.75, 3.05) is 6.54 Å². The van der Waals surface area contributed by atoms with Gasteiger partial charge in [0.25, 0.3) is 10.0 Å². The highest BCUT2D eigenvalue weighted by Gasteiger charge is 2.23. The lowest BCUT2D eigenvalue weighted by molar-refractivity contribution is 0.194. The van der Waals surface area contributed by atoms with Gasteiger partial charge in [-0.2, -0.15) is 4.39 Å². The Morgan fingerprint density at radius 3 is 2.70 bits per heavy atom. The maximum Gasteiger partial charge on any atom is 0.404 e. The summed E-state index contributed by atoms with van der Waals surface area (Å²) in [4.78, 5) is 17.9. The zero-order valence-electron chi connectivity index (χ0n) is 13.9. The second kappa shape index (κ2) is 7.54. The maximum absolute atomic E-state index is 14.2. The van der Waals surface area contributed by atoms with Gasteiger partial charge in [0, 0.05) is 31.3 Å². The molecular weight excluding hydrogens is 375 g/mol. The first-order chi connectivity index (χ1) is 12.9. The van der Waals surface area contributed by atoms with Gasteiger partial charge in [0.05, 0.1) is 11.3 Å². The quantitative estimate of drug-likeness (QED) is 0.623. The highest BCUT2D eigenvalue weighted by molar-refractivity contribution is 7.90. The number of carboxylic acid groups (broad SMARTS) is 1. The van der Waals surface area contributed by atoms with Gasteiger partial charge < -0.3 is 10.4 Å². The number of halogens is 1. The summed E-state index contributed by atoms with van der Waals surface area (Å²) >= 11 is 0. The SMILES string of the molecule is O=C(O)NCCc1cc(-c2cccnc2F)n(S(=O)(=O)c2cccnc2)c1. The number of nitrogens with zero attached hydrogens (tertiary/aromatic N) is 3. The van der Waals surface area contributed by atoms with E-state index >= 15 is 0 Å². The van der Waals surface area contributed by atoms with Gasteiger partial charge in [-0.25, -0.2) is 22.2 Å². The zero-order chi connectivity index (χ0) is 19.4. The minimum atomic E-state index is -4.03. The molecule has 0 radical (unpaired) electrons. The van der Waals surface area contributed by atoms with Gasteiger partial charge in [0.2, 0.25) is 5.95 Å². The minimum Gasteiger partial charge on any atom is -0.465 e. The number of hydrogen-bond donors (Lipinski definition) is 2. The monoisotopic (exact) mass is 390 g/mol. The number of hydrogen-bond acceptors (Lipinski definition) is 5. The number of nitrogens with one attached hydrogen (secondary N) is 1. The van der Waals surface area contributed by atoms with Crippen molar-refractivity contribution in [3.63, 3.8) is 0 Å². The predicted octanol–water partition coefficient (Wildman–Crippen LogP) is 2.13. The second-order valence-corrected chi connectivity index (χ2v) is 7.36. The lowest BCUT2D eigenvalue weighted by atomic mass is 10.1. The number of rotatable bonds is 6. The molecule has 3 aromatic rings. The summed E-state index contributed by atoms with van der Waals surface area (Å²) in [5, 5.41) is 10.9. The van der Waals surface area contributed by atoms with E-state index in [1.165, 1.54) is 55.1 Å². The van der Waals surface area contributed by atoms with Crippen LogP contribution in [-0.4, -0.2) is 40.1 Å². The van der Waals surface area contributed by atoms with Crippen LogP contribution in [0.3, 0.4) is 0 Å². The first-order valence-electron chi connectivity index (χ1n) is 7.84. The maximum atomic E-state index is 14.2. The largest absolute Gasteiger partial charge is 0.465 e. The van der Waals surface area contributed by atoms with Gasteiger partial charge in [-0.1, -0.05) is 0 Å². The Bertz CT molecular complexity index is 1070. The molecule has 0 saturated heterocycles. The van der Waals surface area contributed by atoms with Crippen molar-refractivity contribution < 1.29 is 22.7 Å². The molecule has 0 atom stereocenters. The molecule has 0 saturated carbocycles. The van der Waals surface area contributed by atoms with Crippen molar-refractivity contribution in [3.8, 4) is 11.3 Å². The van der Waals surface area contributed by atoms with Gasteiger partial charge >= 0.3 is 6.09 Å². The molecule has 0 unspecified atom stereocenters. The van der Waals surface area contributed by atoms with Crippen molar-refractivity contribution in [3.05, 3.63) is 66.6 Å². The molecule has 3 heterocycles. The standard InChI is InChI=1S/C17H15FN4O4S/c18-16-14(4-2-7-20-16)15-9-12(5-8-21-17(23)24)11-22(15)27(25,26)13-3-1-6-19-10-13/h1-4,6-7,9-11,21H,5,8H2,(H,23,24). The number of pyridine rings is 2. The van der Waals surface area contributed by atoms with E-state index in [0.29, 0.717) is 5.56 Å². The van der Waals surface area contributed by atoms with E-state index in [2.05, 4.69) is 15.3 Å². The first kappa shape index (κ1) is 18.5. The van der Waals surface area contributed by atoms with Gasteiger partial charge in [-0.3, -0.25) is 4.98 Å². The average Bonchev–Trinajstić information content (AvgIpc) is 3.07. The summed E-state index contributed by atoms with van der Waals surface area (Å²) in [6.07, 6.45) is 4.30. The molecule has 0 aliphatic rings. The van der Waals surface area contributed by atoms with Crippen LogP contribution in [-0.2, 0) is 16.4 Å². The van der Waals surface area contributed by atoms with Crippen LogP contribution < -0.4 is 5.32 Å². The fourth-order valence-electron chi connectivity index (χ4n) is 2.53. The predicted molar refractivity (Wildman–Crippen MR) is 94.2 cm³/mol. The molecular formula is C17H15FN4O4S. The van der Waals surface area contributed by atoms with Gasteiger partial charge in [0.1, 0.15) is 4.90 Å². The smallest absolute Gasteiger partial charge is 0.404 e. The van der Waals surface area contributed by atoms with Crippen LogP contribution in [0.4, 0.5) is 9.18 Å². The third kappa shape index (κ3) is 3.95. The van der Waals surface area contributed by atoms with E-state index in [0.717, 1.165) is 3.97 Å². The molecule has 0 spiro atoms. The lowest BCUT2D eigenvalue weighted by Crippen LogP contribution is -2.23. The topological polar surface area (TPSA) is 114 Å². The van der Waals surface area contributed by atoms with E-state index in [1.807, 2.05) is 0 Å². The van der Waals surface area contributed by atoms with Crippen LogP contribution in [0.1, 0.15) is 5.56 Å². The molecule has 27 heavy (non-hydrogen) atoms. The molecule has 140 valence electrons. The van der Waals surface area contributed by atoms with Crippen LogP contribution in [0.15, 0.2) is 60.0 Å². The van der Waals surface area contributed by atoms with Crippen molar-refractivity contribution in [1.82, 2.24) is 19.3 Å². The number of aromatic nitrogens is 3. The Hall–Kier alpha value is -3.27. The van der Waals surface area contributed by atoms with Gasteiger partial charge in [0.15, 0.2) is 0 Å². The number of amides is 1. The normalized spacial score (nSPS) is 11.3. The summed E-state index contributed by atoms with van der Waals surface area (Å²) < 4.78 is 41.2. The molecule has 8 nitrogen and oxygen atoms in total. The van der Waals surface area contributed by atoms with Crippen molar-refractivity contribution in [1.29, 1.82) is 0 Å². The summed E-state index contributed by atoms with van der Waals surface area (Å²) in [5.41, 5.74) is 0.631. The van der Waals surface area contributed by atoms with Gasteiger partial charge in [-0.15, -0.1) is 0 Å². The van der Waals surface area contributed by atoms with E-state index < -0.39 is 22.1 Å². The number of carbonyl (C=O) groups is 1. The average molecular weight is 390 g/mol. The Morgan fingerprint density at radius 2 is 2.04 bits per heavy atom. The highest BCUT2D eigenvalue weighted by atomic mass is 32.2. The van der Waals surface area contributed by atoms with E-state index in [1.54, 1.807) is 0 Å². The molecule has 0 aromatic carbocycles. The molecule has 3 rings (SSSR count). The summed E-state index contributed by atoms with van der Waals surface area (Å²) in [6.45, 7) is 0.0846. The van der Waals surface area contributed by atoms with Crippen LogP contribution >= 0.6 is 0 Å². The van der Waals surface area contributed by atoms with Crippen molar-refractivity contribution in [2.45, 2.75) is 11.3 Å². The molecule has 3 aromatic heterocycles. The Morgan fingerprint density at radius 1 is 1.26 bits per heavy atom. The summed E-state index contributed by atoms with van der Waals surface area (Å²) in [6, 6.07) is 7.29. The molecule has 0 aliphatic heterocycles. The molecule has 0 aliphatic carbocycles. The van der Waals surface area contributed by atoms with Crippen LogP contribution in [0.2, 0.25) is 0 Å². The van der Waals surface area contributed by atoms with E-state index in [-0.39, 0.29) is 29.1 Å². The van der Waals surface area contributed by atoms with Crippen LogP contribution in [0, 0.1) is 5.95 Å². The molecule has 10 heteroatoms. The van der Waals surface area contributed by atoms with Crippen molar-refractivity contribution in [2.24, 2.45) is 0 Å². The summed E-state index contributed by atoms with van der Waals surface area (Å²) in [7, 11) is -4.03. The third-order valence-corrected chi connectivity index (χ3v) is 5.42. The lowest BCUT2D eigenvalue weighted by Gasteiger charge is -2.10. The Labute approximate surface area is 154 Å². The van der Waals surface area contributed by atoms with Crippen LogP contribution in [0.25, 0.3) is 11.3 Å². The first-order valence-corrected chi connectivity index (χ1v) is 9.28. The fourth-order valence-corrected chi connectivity index (χ4v) is 3.89. The van der Waals surface area contributed by atoms with Gasteiger partial charge in [-0.05, 0) is 42.3 Å². The van der Waals surface area contributed by atoms with Crippen molar-refractivity contribution >= 4 is 16.1 Å². The molecule has 1 amide bonds. The second-order valence-electron chi connectivity index (χ2n) is 5.55. The molecule has 0 fully saturated rings. The van der Waals surface area contributed by atoms with Crippen LogP contribution in [0.5, 0.6) is 0 Å². The Kier molecular flexibility index (Phi) is 5.17. The van der Waals surface area contributed by atoms with E-state index in [9.17, 15) is 17.6 Å². The van der Waals surface area contributed by atoms with E-state index in [4.69, 9.17) is 5.11 Å². The third-order valence-electron chi connectivity index (χ3n) is 3.76. The molecule has 2 N–H and O–H groups in total. The Balaban J connectivity index is 2.10.